The molecule has 1 heterocycles. The van der Waals surface area contributed by atoms with E-state index >= 15 is 0 Å². The molecule has 0 fully saturated rings. The highest BCUT2D eigenvalue weighted by Gasteiger charge is 1.86. The molecule has 0 aromatic rings. The largest absolute Gasteiger partial charge is 0.414 e. The second-order valence-corrected chi connectivity index (χ2v) is 1.08. The molecule has 7 heavy (non-hydrogen) atoms. The number of hydrogen-bond donors (Lipinski definition) is 1. The molecule has 0 aromatic heterocycles. The van der Waals surface area contributed by atoms with Gasteiger partial charge in [0, 0.05) is 6.08 Å². The van der Waals surface area contributed by atoms with Gasteiger partial charge in [-0.1, -0.05) is 0 Å². The fourth-order valence-corrected chi connectivity index (χ4v) is 0.303. The van der Waals surface area contributed by atoms with Crippen LogP contribution in [0.5, 0.6) is 0 Å². The predicted molar refractivity (Wildman–Crippen MR) is 22.9 cm³/mol. The molecule has 0 spiro atoms. The summed E-state index contributed by atoms with van der Waals surface area (Å²) in [6.07, 6.45) is 4.15. The van der Waals surface area contributed by atoms with E-state index < -0.39 is 0 Å². The molecule has 0 atom stereocenters. The van der Waals surface area contributed by atoms with Crippen molar-refractivity contribution in [2.75, 3.05) is 13.3 Å². The van der Waals surface area contributed by atoms with Crippen molar-refractivity contribution in [3.05, 3.63) is 12.3 Å². The Balaban J connectivity index is 2.20. The van der Waals surface area contributed by atoms with E-state index in [1.165, 1.54) is 6.26 Å². The molecule has 1 radical (unpaired) electrons. The van der Waals surface area contributed by atoms with Crippen LogP contribution in [-0.4, -0.2) is 13.3 Å². The Morgan fingerprint density at radius 2 is 2.71 bits per heavy atom. The quantitative estimate of drug-likeness (QED) is 0.457. The average molecular weight is 100 g/mol. The third-order valence-electron chi connectivity index (χ3n) is 0.572. The first-order valence-corrected chi connectivity index (χ1v) is 2.01. The van der Waals surface area contributed by atoms with Gasteiger partial charge in [0.2, 0.25) is 0 Å². The van der Waals surface area contributed by atoms with E-state index in [0.29, 0.717) is 13.3 Å². The molecule has 1 aliphatic heterocycles. The molecule has 1 N–H and O–H groups in total. The number of nitrogens with one attached hydrogen (secondary N) is 1. The van der Waals surface area contributed by atoms with E-state index in [0.717, 1.165) is 0 Å². The van der Waals surface area contributed by atoms with Gasteiger partial charge in [-0.3, -0.25) is 0 Å². The van der Waals surface area contributed by atoms with Gasteiger partial charge in [0.05, 0.1) is 6.61 Å². The van der Waals surface area contributed by atoms with E-state index in [2.05, 4.69) is 16.4 Å². The van der Waals surface area contributed by atoms with Crippen LogP contribution in [-0.2, 0) is 9.57 Å². The standard InChI is InChI=1S/C4H6NO2/c1-2-6-4-5-7-3-1/h3,5H,2,4H2. The summed E-state index contributed by atoms with van der Waals surface area (Å²) >= 11 is 0. The minimum Gasteiger partial charge on any atom is -0.414 e. The van der Waals surface area contributed by atoms with E-state index in [9.17, 15) is 0 Å². The number of hydroxylamine groups is 1. The minimum atomic E-state index is 0.434. The first-order chi connectivity index (χ1) is 3.50. The summed E-state index contributed by atoms with van der Waals surface area (Å²) in [6.45, 7) is 0.941. The van der Waals surface area contributed by atoms with Crippen molar-refractivity contribution in [3.63, 3.8) is 0 Å². The average Bonchev–Trinajstić information content (AvgIpc) is 1.90. The monoisotopic (exact) mass is 100 g/mol. The highest BCUT2D eigenvalue weighted by Crippen LogP contribution is 1.79. The van der Waals surface area contributed by atoms with Crippen molar-refractivity contribution >= 4 is 0 Å². The maximum atomic E-state index is 4.82. The first-order valence-electron chi connectivity index (χ1n) is 2.01. The second kappa shape index (κ2) is 2.60. The lowest BCUT2D eigenvalue weighted by atomic mass is 10.7. The Morgan fingerprint density at radius 1 is 1.71 bits per heavy atom. The topological polar surface area (TPSA) is 30.5 Å². The number of rotatable bonds is 0. The van der Waals surface area contributed by atoms with Crippen molar-refractivity contribution in [2.24, 2.45) is 0 Å². The van der Waals surface area contributed by atoms with Gasteiger partial charge in [-0.15, -0.1) is 5.48 Å². The molecule has 0 aliphatic carbocycles. The second-order valence-electron chi connectivity index (χ2n) is 1.08. The smallest absolute Gasteiger partial charge is 0.130 e. The van der Waals surface area contributed by atoms with Crippen molar-refractivity contribution in [3.8, 4) is 0 Å². The SMILES string of the molecule is [C]1=CONCOC1. The van der Waals surface area contributed by atoms with Gasteiger partial charge in [0.15, 0.2) is 0 Å². The van der Waals surface area contributed by atoms with E-state index in [1.807, 2.05) is 0 Å². The molecule has 39 valence electrons. The lowest BCUT2D eigenvalue weighted by Crippen LogP contribution is -2.12. The number of ether oxygens (including phenoxy) is 1. The van der Waals surface area contributed by atoms with Gasteiger partial charge in [0.25, 0.3) is 0 Å². The summed E-state index contributed by atoms with van der Waals surface area (Å²) in [5, 5.41) is 0. The molecule has 0 saturated heterocycles. The zero-order valence-electron chi connectivity index (χ0n) is 3.81. The third-order valence-corrected chi connectivity index (χ3v) is 0.572. The van der Waals surface area contributed by atoms with Crippen LogP contribution in [0.1, 0.15) is 0 Å². The molecule has 0 bridgehead atoms. The Kier molecular flexibility index (Phi) is 1.72. The first kappa shape index (κ1) is 4.61. The molecule has 3 nitrogen and oxygen atoms in total. The fraction of sp³-hybridized carbons (Fsp3) is 0.500. The third kappa shape index (κ3) is 1.57. The van der Waals surface area contributed by atoms with Gasteiger partial charge in [-0.2, -0.15) is 0 Å². The normalized spacial score (nSPS) is 20.6. The van der Waals surface area contributed by atoms with Gasteiger partial charge >= 0.3 is 0 Å². The van der Waals surface area contributed by atoms with E-state index in [-0.39, 0.29) is 0 Å². The zero-order chi connectivity index (χ0) is 4.95. The van der Waals surface area contributed by atoms with Crippen LogP contribution in [0.15, 0.2) is 6.26 Å². The molecule has 1 rings (SSSR count). The van der Waals surface area contributed by atoms with Crippen LogP contribution < -0.4 is 5.48 Å². The fourth-order valence-electron chi connectivity index (χ4n) is 0.303. The summed E-state index contributed by atoms with van der Waals surface area (Å²) in [7, 11) is 0. The molecule has 0 saturated carbocycles. The van der Waals surface area contributed by atoms with E-state index in [1.54, 1.807) is 0 Å². The van der Waals surface area contributed by atoms with Crippen LogP contribution in [0.4, 0.5) is 0 Å². The minimum absolute atomic E-state index is 0.434. The van der Waals surface area contributed by atoms with Crippen molar-refractivity contribution in [1.29, 1.82) is 0 Å². The van der Waals surface area contributed by atoms with Gasteiger partial charge < -0.3 is 9.57 Å². The molecule has 3 heteroatoms. The zero-order valence-corrected chi connectivity index (χ0v) is 3.81. The highest BCUT2D eigenvalue weighted by molar-refractivity contribution is 4.61. The summed E-state index contributed by atoms with van der Waals surface area (Å²) < 4.78 is 4.82. The lowest BCUT2D eigenvalue weighted by molar-refractivity contribution is 0.0385. The predicted octanol–water partition coefficient (Wildman–Crippen LogP) is -0.188. The summed E-state index contributed by atoms with van der Waals surface area (Å²) in [6, 6.07) is 0. The molecule has 0 amide bonds. The molecule has 0 unspecified atom stereocenters. The number of hydrogen-bond acceptors (Lipinski definition) is 3. The maximum Gasteiger partial charge on any atom is 0.130 e. The summed E-state index contributed by atoms with van der Waals surface area (Å²) in [4.78, 5) is 4.58. The Morgan fingerprint density at radius 3 is 3.71 bits per heavy atom. The Labute approximate surface area is 41.9 Å². The van der Waals surface area contributed by atoms with E-state index in [4.69, 9.17) is 4.74 Å². The van der Waals surface area contributed by atoms with Crippen molar-refractivity contribution < 1.29 is 9.57 Å². The molecular formula is C4H6NO2. The lowest BCUT2D eigenvalue weighted by Gasteiger charge is -1.95. The maximum absolute atomic E-state index is 4.82. The van der Waals surface area contributed by atoms with Crippen LogP contribution >= 0.6 is 0 Å². The van der Waals surface area contributed by atoms with Crippen LogP contribution in [0.3, 0.4) is 0 Å². The molecule has 1 aliphatic rings. The molecule has 0 aromatic carbocycles. The summed E-state index contributed by atoms with van der Waals surface area (Å²) in [5.74, 6) is 0. The van der Waals surface area contributed by atoms with Gasteiger partial charge in [0.1, 0.15) is 13.0 Å². The molecular weight excluding hydrogens is 94.0 g/mol. The van der Waals surface area contributed by atoms with Crippen LogP contribution in [0.2, 0.25) is 0 Å². The van der Waals surface area contributed by atoms with Crippen molar-refractivity contribution in [2.45, 2.75) is 0 Å². The Hall–Kier alpha value is -0.540. The van der Waals surface area contributed by atoms with Gasteiger partial charge in [-0.05, 0) is 0 Å². The van der Waals surface area contributed by atoms with Gasteiger partial charge in [-0.25, -0.2) is 0 Å². The van der Waals surface area contributed by atoms with Crippen LogP contribution in [0.25, 0.3) is 0 Å². The Bertz CT molecular complexity index is 64.1. The van der Waals surface area contributed by atoms with Crippen LogP contribution in [0, 0.1) is 6.08 Å². The highest BCUT2D eigenvalue weighted by atomic mass is 16.7. The van der Waals surface area contributed by atoms with Crippen molar-refractivity contribution in [1.82, 2.24) is 5.48 Å². The summed E-state index contributed by atoms with van der Waals surface area (Å²) in [5.41, 5.74) is 2.51.